The summed E-state index contributed by atoms with van der Waals surface area (Å²) in [5.74, 6) is 1.93. The number of carbonyl (C=O) groups is 1. The Morgan fingerprint density at radius 3 is 2.52 bits per heavy atom. The van der Waals surface area contributed by atoms with Crippen molar-refractivity contribution >= 4 is 18.0 Å². The third-order valence-electron chi connectivity index (χ3n) is 5.59. The van der Waals surface area contributed by atoms with Gasteiger partial charge in [-0.2, -0.15) is 0 Å². The van der Waals surface area contributed by atoms with Crippen molar-refractivity contribution < 1.29 is 9.90 Å². The number of nitrogens with zero attached hydrogens (tertiary/aromatic N) is 4. The maximum absolute atomic E-state index is 10.8. The predicted octanol–water partition coefficient (Wildman–Crippen LogP) is 2.92. The van der Waals surface area contributed by atoms with Gasteiger partial charge in [0.2, 0.25) is 11.9 Å². The lowest BCUT2D eigenvalue weighted by Crippen LogP contribution is -2.39. The molecule has 0 saturated heterocycles. The van der Waals surface area contributed by atoms with Gasteiger partial charge in [0.05, 0.1) is 11.4 Å². The van der Waals surface area contributed by atoms with E-state index in [9.17, 15) is 4.79 Å². The van der Waals surface area contributed by atoms with Crippen LogP contribution in [0.3, 0.4) is 0 Å². The summed E-state index contributed by atoms with van der Waals surface area (Å²) in [6.07, 6.45) is 9.49. The zero-order valence-corrected chi connectivity index (χ0v) is 16.6. The molecule has 2 heterocycles. The van der Waals surface area contributed by atoms with Gasteiger partial charge in [-0.3, -0.25) is 0 Å². The van der Waals surface area contributed by atoms with E-state index in [2.05, 4.69) is 30.9 Å². The summed E-state index contributed by atoms with van der Waals surface area (Å²) < 4.78 is 0. The first-order valence-electron chi connectivity index (χ1n) is 10.2. The highest BCUT2D eigenvalue weighted by Gasteiger charge is 2.25. The average molecular weight is 397 g/mol. The van der Waals surface area contributed by atoms with Crippen LogP contribution in [-0.2, 0) is 6.42 Å². The van der Waals surface area contributed by atoms with Crippen LogP contribution >= 0.6 is 0 Å². The maximum Gasteiger partial charge on any atom is 0.404 e. The van der Waals surface area contributed by atoms with Crippen molar-refractivity contribution in [3.8, 4) is 11.3 Å². The number of aromatic nitrogens is 4. The number of hydrogen-bond donors (Lipinski definition) is 4. The molecule has 0 aliphatic heterocycles. The largest absolute Gasteiger partial charge is 0.465 e. The van der Waals surface area contributed by atoms with Crippen molar-refractivity contribution in [2.45, 2.75) is 57.0 Å². The minimum absolute atomic E-state index is 0.0330. The molecule has 2 fully saturated rings. The fraction of sp³-hybridized carbons (Fsp3) is 0.550. The number of hydrogen-bond acceptors (Lipinski definition) is 7. The van der Waals surface area contributed by atoms with Crippen LogP contribution in [0.5, 0.6) is 0 Å². The first-order chi connectivity index (χ1) is 14.1. The van der Waals surface area contributed by atoms with Gasteiger partial charge in [-0.25, -0.2) is 24.7 Å². The standard InChI is InChI=1S/C20H27N7O2/c1-21-18-23-11-15(17(27-18)10-12-2-3-12)16-8-9-22-19(26-16)24-13-4-6-14(7-5-13)25-20(28)29/h8-9,11-14,25H,2-7,10H2,1H3,(H,28,29)(H,21,23,27)(H,22,24,26). The molecule has 0 atom stereocenters. The van der Waals surface area contributed by atoms with E-state index in [0.717, 1.165) is 49.1 Å². The summed E-state index contributed by atoms with van der Waals surface area (Å²) in [5, 5.41) is 17.9. The van der Waals surface area contributed by atoms with Gasteiger partial charge in [0.25, 0.3) is 0 Å². The molecule has 0 aromatic carbocycles. The molecule has 0 radical (unpaired) electrons. The molecule has 9 heteroatoms. The zero-order chi connectivity index (χ0) is 20.2. The molecule has 2 aromatic rings. The summed E-state index contributed by atoms with van der Waals surface area (Å²) in [6.45, 7) is 0. The first-order valence-corrected chi connectivity index (χ1v) is 10.2. The molecule has 4 N–H and O–H groups in total. The molecule has 2 saturated carbocycles. The van der Waals surface area contributed by atoms with Crippen LogP contribution in [0.4, 0.5) is 16.7 Å². The van der Waals surface area contributed by atoms with Crippen LogP contribution < -0.4 is 16.0 Å². The van der Waals surface area contributed by atoms with Crippen LogP contribution in [0.25, 0.3) is 11.3 Å². The van der Waals surface area contributed by atoms with Crippen LogP contribution in [-0.4, -0.2) is 50.3 Å². The first kappa shape index (κ1) is 19.4. The predicted molar refractivity (Wildman–Crippen MR) is 110 cm³/mol. The molecule has 2 aromatic heterocycles. The molecule has 0 unspecified atom stereocenters. The number of anilines is 2. The fourth-order valence-electron chi connectivity index (χ4n) is 3.82. The quantitative estimate of drug-likeness (QED) is 0.562. The Morgan fingerprint density at radius 1 is 1.07 bits per heavy atom. The van der Waals surface area contributed by atoms with Crippen molar-refractivity contribution in [2.24, 2.45) is 5.92 Å². The second-order valence-electron chi connectivity index (χ2n) is 7.86. The van der Waals surface area contributed by atoms with E-state index in [0.29, 0.717) is 17.8 Å². The van der Waals surface area contributed by atoms with E-state index in [1.807, 2.05) is 19.3 Å². The number of nitrogens with one attached hydrogen (secondary N) is 3. The lowest BCUT2D eigenvalue weighted by Gasteiger charge is -2.28. The summed E-state index contributed by atoms with van der Waals surface area (Å²) in [7, 11) is 1.82. The van der Waals surface area contributed by atoms with Gasteiger partial charge in [0.1, 0.15) is 0 Å². The van der Waals surface area contributed by atoms with Crippen molar-refractivity contribution in [3.63, 3.8) is 0 Å². The van der Waals surface area contributed by atoms with Crippen LogP contribution in [0.2, 0.25) is 0 Å². The molecule has 9 nitrogen and oxygen atoms in total. The van der Waals surface area contributed by atoms with Crippen LogP contribution in [0.1, 0.15) is 44.2 Å². The zero-order valence-electron chi connectivity index (χ0n) is 16.6. The second kappa shape index (κ2) is 8.59. The number of amides is 1. The highest BCUT2D eigenvalue weighted by Crippen LogP contribution is 2.35. The normalized spacial score (nSPS) is 21.4. The topological polar surface area (TPSA) is 125 Å². The van der Waals surface area contributed by atoms with E-state index in [1.165, 1.54) is 12.8 Å². The van der Waals surface area contributed by atoms with E-state index in [1.54, 1.807) is 6.20 Å². The minimum Gasteiger partial charge on any atom is -0.465 e. The molecule has 2 aliphatic carbocycles. The lowest BCUT2D eigenvalue weighted by molar-refractivity contribution is 0.185. The van der Waals surface area contributed by atoms with Gasteiger partial charge in [-0.1, -0.05) is 0 Å². The molecule has 0 spiro atoms. The molecule has 154 valence electrons. The molecule has 29 heavy (non-hydrogen) atoms. The lowest BCUT2D eigenvalue weighted by atomic mass is 9.91. The van der Waals surface area contributed by atoms with Crippen molar-refractivity contribution in [1.29, 1.82) is 0 Å². The Hall–Kier alpha value is -2.97. The van der Waals surface area contributed by atoms with E-state index < -0.39 is 6.09 Å². The van der Waals surface area contributed by atoms with Gasteiger partial charge in [0.15, 0.2) is 0 Å². The maximum atomic E-state index is 10.8. The minimum atomic E-state index is -0.953. The summed E-state index contributed by atoms with van der Waals surface area (Å²) in [5.41, 5.74) is 2.80. The van der Waals surface area contributed by atoms with Crippen LogP contribution in [0.15, 0.2) is 18.5 Å². The van der Waals surface area contributed by atoms with Gasteiger partial charge < -0.3 is 21.1 Å². The Kier molecular flexibility index (Phi) is 5.73. The second-order valence-corrected chi connectivity index (χ2v) is 7.86. The molecule has 4 rings (SSSR count). The molecule has 0 bridgehead atoms. The third kappa shape index (κ3) is 5.10. The average Bonchev–Trinajstić information content (AvgIpc) is 3.53. The molecular formula is C20H27N7O2. The highest BCUT2D eigenvalue weighted by atomic mass is 16.4. The van der Waals surface area contributed by atoms with Gasteiger partial charge >= 0.3 is 6.09 Å². The Bertz CT molecular complexity index is 864. The molecular weight excluding hydrogens is 370 g/mol. The van der Waals surface area contributed by atoms with Crippen LogP contribution in [0, 0.1) is 5.92 Å². The van der Waals surface area contributed by atoms with Gasteiger partial charge in [-0.05, 0) is 56.9 Å². The summed E-state index contributed by atoms with van der Waals surface area (Å²) in [4.78, 5) is 28.9. The SMILES string of the molecule is CNc1ncc(-c2ccnc(NC3CCC(NC(=O)O)CC3)n2)c(CC2CC2)n1. The number of carboxylic acid groups (broad SMARTS) is 1. The fourth-order valence-corrected chi connectivity index (χ4v) is 3.82. The molecule has 1 amide bonds. The van der Waals surface area contributed by atoms with Crippen molar-refractivity contribution in [3.05, 3.63) is 24.2 Å². The smallest absolute Gasteiger partial charge is 0.404 e. The Balaban J connectivity index is 1.46. The monoisotopic (exact) mass is 397 g/mol. The molecule has 2 aliphatic rings. The Labute approximate surface area is 169 Å². The summed E-state index contributed by atoms with van der Waals surface area (Å²) >= 11 is 0. The van der Waals surface area contributed by atoms with Gasteiger partial charge in [0, 0.05) is 37.1 Å². The third-order valence-corrected chi connectivity index (χ3v) is 5.59. The van der Waals surface area contributed by atoms with Crippen molar-refractivity contribution in [2.75, 3.05) is 17.7 Å². The summed E-state index contributed by atoms with van der Waals surface area (Å²) in [6, 6.07) is 2.17. The highest BCUT2D eigenvalue weighted by molar-refractivity contribution is 5.65. The van der Waals surface area contributed by atoms with E-state index in [4.69, 9.17) is 10.1 Å². The Morgan fingerprint density at radius 2 is 1.83 bits per heavy atom. The van der Waals surface area contributed by atoms with Gasteiger partial charge in [-0.15, -0.1) is 0 Å². The number of rotatable bonds is 7. The van der Waals surface area contributed by atoms with E-state index in [-0.39, 0.29) is 12.1 Å². The van der Waals surface area contributed by atoms with E-state index >= 15 is 0 Å². The van der Waals surface area contributed by atoms with Crippen molar-refractivity contribution in [1.82, 2.24) is 25.3 Å².